The summed E-state index contributed by atoms with van der Waals surface area (Å²) in [4.78, 5) is 20.6. The van der Waals surface area contributed by atoms with Crippen LogP contribution in [0, 0.1) is 0 Å². The molecule has 0 saturated carbocycles. The van der Waals surface area contributed by atoms with Gasteiger partial charge in [-0.3, -0.25) is 9.69 Å². The first-order valence-corrected chi connectivity index (χ1v) is 16.1. The average molecular weight is 580 g/mol. The van der Waals surface area contributed by atoms with Crippen molar-refractivity contribution in [2.75, 3.05) is 24.6 Å². The van der Waals surface area contributed by atoms with E-state index in [1.807, 2.05) is 55.5 Å². The molecule has 40 heavy (non-hydrogen) atoms. The third-order valence-electron chi connectivity index (χ3n) is 6.59. The second-order valence-corrected chi connectivity index (χ2v) is 12.5. The molecule has 1 aromatic heterocycles. The number of thiazole rings is 1. The summed E-state index contributed by atoms with van der Waals surface area (Å²) in [5, 5.41) is 0.554. The lowest BCUT2D eigenvalue weighted by Crippen LogP contribution is -2.33. The SMILES string of the molecule is CCCCN(CCCC)S(=O)(=O)c1ccc(C(=O)N(Cc2ccccc2)c2nc3c(OCC)cccc3s2)cc1. The van der Waals surface area contributed by atoms with E-state index in [9.17, 15) is 13.2 Å². The number of unbranched alkanes of at least 4 members (excludes halogenated alkanes) is 2. The second-order valence-electron chi connectivity index (χ2n) is 9.54. The molecule has 3 aromatic carbocycles. The van der Waals surface area contributed by atoms with Gasteiger partial charge in [0.25, 0.3) is 5.91 Å². The van der Waals surface area contributed by atoms with Crippen LogP contribution < -0.4 is 9.64 Å². The lowest BCUT2D eigenvalue weighted by atomic mass is 10.1. The van der Waals surface area contributed by atoms with Gasteiger partial charge >= 0.3 is 0 Å². The number of carbonyl (C=O) groups excluding carboxylic acids is 1. The predicted octanol–water partition coefficient (Wildman–Crippen LogP) is 7.13. The van der Waals surface area contributed by atoms with Crippen molar-refractivity contribution in [3.8, 4) is 5.75 Å². The Bertz CT molecular complexity index is 1490. The van der Waals surface area contributed by atoms with Crippen LogP contribution in [0.1, 0.15) is 62.4 Å². The second kappa shape index (κ2) is 13.9. The minimum absolute atomic E-state index is 0.201. The van der Waals surface area contributed by atoms with E-state index in [2.05, 4.69) is 13.8 Å². The molecule has 9 heteroatoms. The van der Waals surface area contributed by atoms with E-state index in [1.54, 1.807) is 33.5 Å². The molecule has 0 atom stereocenters. The number of hydrogen-bond acceptors (Lipinski definition) is 6. The maximum atomic E-state index is 13.9. The van der Waals surface area contributed by atoms with Crippen molar-refractivity contribution in [3.63, 3.8) is 0 Å². The largest absolute Gasteiger partial charge is 0.492 e. The number of sulfonamides is 1. The standard InChI is InChI=1S/C31H37N3O4S2/c1-4-7-21-33(22-8-5-2)40(36,37)26-19-17-25(18-20-26)30(35)34(23-24-13-10-9-11-14-24)31-32-29-27(38-6-3)15-12-16-28(29)39-31/h9-20H,4-8,21-23H2,1-3H3. The smallest absolute Gasteiger partial charge is 0.260 e. The first-order chi connectivity index (χ1) is 19.4. The highest BCUT2D eigenvalue weighted by Crippen LogP contribution is 2.35. The van der Waals surface area contributed by atoms with E-state index < -0.39 is 10.0 Å². The number of amides is 1. The molecule has 0 unspecified atom stereocenters. The van der Waals surface area contributed by atoms with Gasteiger partial charge in [0, 0.05) is 18.7 Å². The molecule has 4 aromatic rings. The Hall–Kier alpha value is -3.27. The number of fused-ring (bicyclic) bond motifs is 1. The summed E-state index contributed by atoms with van der Waals surface area (Å²) in [5.74, 6) is 0.429. The van der Waals surface area contributed by atoms with Crippen molar-refractivity contribution in [2.45, 2.75) is 57.9 Å². The molecule has 0 aliphatic carbocycles. The van der Waals surface area contributed by atoms with Gasteiger partial charge in [-0.15, -0.1) is 0 Å². The van der Waals surface area contributed by atoms with Gasteiger partial charge in [-0.25, -0.2) is 13.4 Å². The minimum atomic E-state index is -3.65. The Morgan fingerprint density at radius 2 is 1.55 bits per heavy atom. The topological polar surface area (TPSA) is 79.8 Å². The minimum Gasteiger partial charge on any atom is -0.492 e. The Kier molecular flexibility index (Phi) is 10.3. The van der Waals surface area contributed by atoms with Crippen LogP contribution in [0.15, 0.2) is 77.7 Å². The number of carbonyl (C=O) groups is 1. The molecule has 0 spiro atoms. The zero-order valence-corrected chi connectivity index (χ0v) is 25.0. The fourth-order valence-corrected chi connectivity index (χ4v) is 6.88. The number of para-hydroxylation sites is 1. The maximum Gasteiger partial charge on any atom is 0.260 e. The summed E-state index contributed by atoms with van der Waals surface area (Å²) in [6.07, 6.45) is 3.45. The number of nitrogens with zero attached hydrogens (tertiary/aromatic N) is 3. The van der Waals surface area contributed by atoms with E-state index in [-0.39, 0.29) is 10.8 Å². The van der Waals surface area contributed by atoms with Crippen molar-refractivity contribution < 1.29 is 17.9 Å². The van der Waals surface area contributed by atoms with Crippen LogP contribution in [-0.2, 0) is 16.6 Å². The van der Waals surface area contributed by atoms with Crippen molar-refractivity contribution in [2.24, 2.45) is 0 Å². The number of ether oxygens (including phenoxy) is 1. The molecule has 1 amide bonds. The van der Waals surface area contributed by atoms with Crippen LogP contribution in [0.4, 0.5) is 5.13 Å². The molecule has 212 valence electrons. The fraction of sp³-hybridized carbons (Fsp3) is 0.355. The first kappa shape index (κ1) is 29.7. The molecular formula is C31H37N3O4S2. The van der Waals surface area contributed by atoms with Crippen LogP contribution in [0.3, 0.4) is 0 Å². The van der Waals surface area contributed by atoms with E-state index in [1.165, 1.54) is 11.3 Å². The molecule has 0 fully saturated rings. The number of anilines is 1. The van der Waals surface area contributed by atoms with Gasteiger partial charge in [0.1, 0.15) is 11.3 Å². The average Bonchev–Trinajstić information content (AvgIpc) is 3.41. The molecule has 4 rings (SSSR count). The van der Waals surface area contributed by atoms with E-state index in [0.717, 1.165) is 41.5 Å². The normalized spacial score (nSPS) is 11.7. The summed E-state index contributed by atoms with van der Waals surface area (Å²) in [6, 6.07) is 21.8. The number of benzene rings is 3. The van der Waals surface area contributed by atoms with Crippen LogP contribution in [0.5, 0.6) is 5.75 Å². The number of aromatic nitrogens is 1. The third kappa shape index (κ3) is 6.89. The lowest BCUT2D eigenvalue weighted by Gasteiger charge is -2.23. The molecule has 0 N–H and O–H groups in total. The van der Waals surface area contributed by atoms with Crippen LogP contribution in [-0.4, -0.2) is 43.3 Å². The van der Waals surface area contributed by atoms with Crippen molar-refractivity contribution in [1.82, 2.24) is 9.29 Å². The van der Waals surface area contributed by atoms with Gasteiger partial charge in [0.05, 0.1) is 22.7 Å². The lowest BCUT2D eigenvalue weighted by molar-refractivity contribution is 0.0985. The van der Waals surface area contributed by atoms with Crippen LogP contribution >= 0.6 is 11.3 Å². The van der Waals surface area contributed by atoms with Gasteiger partial charge in [0.15, 0.2) is 5.13 Å². The van der Waals surface area contributed by atoms with E-state index in [4.69, 9.17) is 9.72 Å². The molecule has 1 heterocycles. The van der Waals surface area contributed by atoms with Gasteiger partial charge in [-0.05, 0) is 61.7 Å². The number of rotatable bonds is 14. The Balaban J connectivity index is 1.67. The first-order valence-electron chi connectivity index (χ1n) is 13.9. The zero-order valence-electron chi connectivity index (χ0n) is 23.4. The molecule has 0 bridgehead atoms. The van der Waals surface area contributed by atoms with Crippen molar-refractivity contribution >= 4 is 42.6 Å². The Morgan fingerprint density at radius 1 is 0.875 bits per heavy atom. The highest BCUT2D eigenvalue weighted by atomic mass is 32.2. The molecule has 0 aliphatic rings. The summed E-state index contributed by atoms with van der Waals surface area (Å²) >= 11 is 1.43. The van der Waals surface area contributed by atoms with Crippen molar-refractivity contribution in [3.05, 3.63) is 83.9 Å². The van der Waals surface area contributed by atoms with E-state index in [0.29, 0.717) is 42.7 Å². The molecule has 0 saturated heterocycles. The summed E-state index contributed by atoms with van der Waals surface area (Å²) in [6.45, 7) is 7.85. The highest BCUT2D eigenvalue weighted by Gasteiger charge is 2.26. The van der Waals surface area contributed by atoms with Gasteiger partial charge in [-0.2, -0.15) is 4.31 Å². The van der Waals surface area contributed by atoms with Gasteiger partial charge in [-0.1, -0.05) is 74.4 Å². The predicted molar refractivity (Wildman–Crippen MR) is 163 cm³/mol. The van der Waals surface area contributed by atoms with Gasteiger partial charge in [0.2, 0.25) is 10.0 Å². The van der Waals surface area contributed by atoms with E-state index >= 15 is 0 Å². The molecule has 0 radical (unpaired) electrons. The summed E-state index contributed by atoms with van der Waals surface area (Å²) < 4.78 is 35.1. The quantitative estimate of drug-likeness (QED) is 0.159. The summed E-state index contributed by atoms with van der Waals surface area (Å²) in [7, 11) is -3.65. The Morgan fingerprint density at radius 3 is 2.17 bits per heavy atom. The van der Waals surface area contributed by atoms with Crippen LogP contribution in [0.25, 0.3) is 10.2 Å². The summed E-state index contributed by atoms with van der Waals surface area (Å²) in [5.41, 5.74) is 2.07. The molecule has 0 aliphatic heterocycles. The van der Waals surface area contributed by atoms with Crippen LogP contribution in [0.2, 0.25) is 0 Å². The Labute approximate surface area is 241 Å². The third-order valence-corrected chi connectivity index (χ3v) is 9.55. The number of hydrogen-bond donors (Lipinski definition) is 0. The maximum absolute atomic E-state index is 13.9. The van der Waals surface area contributed by atoms with Crippen molar-refractivity contribution in [1.29, 1.82) is 0 Å². The zero-order chi connectivity index (χ0) is 28.5. The molecular weight excluding hydrogens is 542 g/mol. The monoisotopic (exact) mass is 579 g/mol. The highest BCUT2D eigenvalue weighted by molar-refractivity contribution is 7.89. The fourth-order valence-electron chi connectivity index (χ4n) is 4.39. The molecule has 7 nitrogen and oxygen atoms in total. The van der Waals surface area contributed by atoms with Gasteiger partial charge < -0.3 is 4.74 Å².